The van der Waals surface area contributed by atoms with E-state index in [1.807, 2.05) is 49.5 Å². The van der Waals surface area contributed by atoms with Gasteiger partial charge in [0.2, 0.25) is 0 Å². The molecule has 2 heterocycles. The number of unbranched alkanes of at least 4 members (excludes halogenated alkanes) is 1. The third kappa shape index (κ3) is 3.98. The molecule has 1 aromatic heterocycles. The van der Waals surface area contributed by atoms with E-state index in [4.69, 9.17) is 4.74 Å². The van der Waals surface area contributed by atoms with Crippen LogP contribution in [-0.2, 0) is 15.0 Å². The molecule has 2 N–H and O–H groups in total. The Morgan fingerprint density at radius 1 is 1.15 bits per heavy atom. The van der Waals surface area contributed by atoms with Crippen LogP contribution in [0.1, 0.15) is 63.3 Å². The van der Waals surface area contributed by atoms with Crippen LogP contribution in [0.3, 0.4) is 0 Å². The number of likely N-dealkylation sites (tertiary alicyclic amines) is 1. The summed E-state index contributed by atoms with van der Waals surface area (Å²) in [6.07, 6.45) is 3.47. The maximum Gasteiger partial charge on any atom is 0.295 e. The molecule has 3 aromatic rings. The summed E-state index contributed by atoms with van der Waals surface area (Å²) in [6.45, 7) is 8.71. The van der Waals surface area contributed by atoms with Gasteiger partial charge in [0.05, 0.1) is 24.3 Å². The van der Waals surface area contributed by atoms with Gasteiger partial charge in [0, 0.05) is 29.2 Å². The summed E-state index contributed by atoms with van der Waals surface area (Å²) in [6, 6.07) is 12.7. The number of hydrogen-bond acceptors (Lipinski definition) is 4. The smallest absolute Gasteiger partial charge is 0.295 e. The monoisotopic (exact) mass is 460 g/mol. The fraction of sp³-hybridized carbons (Fsp3) is 0.357. The molecule has 2 aromatic carbocycles. The summed E-state index contributed by atoms with van der Waals surface area (Å²) >= 11 is 0. The van der Waals surface area contributed by atoms with E-state index in [2.05, 4.69) is 25.8 Å². The number of ether oxygens (including phenoxy) is 1. The predicted molar refractivity (Wildman–Crippen MR) is 134 cm³/mol. The number of benzene rings is 2. The number of fused-ring (bicyclic) bond motifs is 1. The van der Waals surface area contributed by atoms with Gasteiger partial charge < -0.3 is 19.7 Å². The molecule has 0 aliphatic carbocycles. The van der Waals surface area contributed by atoms with Crippen molar-refractivity contribution in [3.63, 3.8) is 0 Å². The van der Waals surface area contributed by atoms with Gasteiger partial charge in [0.1, 0.15) is 11.5 Å². The third-order valence-electron chi connectivity index (χ3n) is 6.53. The number of rotatable bonds is 6. The van der Waals surface area contributed by atoms with Crippen molar-refractivity contribution in [3.05, 3.63) is 70.9 Å². The Morgan fingerprint density at radius 2 is 1.88 bits per heavy atom. The fourth-order valence-corrected chi connectivity index (χ4v) is 4.59. The second-order valence-electron chi connectivity index (χ2n) is 9.80. The average molecular weight is 461 g/mol. The standard InChI is InChI=1S/C28H32N2O4/c1-6-7-14-30-24(20-16-29-21-11-9-8-10-18(20)21)23(26(32)27(30)33)25(31)19-15-17(28(2,3)4)12-13-22(19)34-5/h8-13,15-16,24,29,31H,6-7,14H2,1-5H3/b25-23+. The minimum atomic E-state index is -0.689. The molecule has 6 heteroatoms. The van der Waals surface area contributed by atoms with Crippen molar-refractivity contribution >= 4 is 28.4 Å². The number of para-hydroxylation sites is 1. The lowest BCUT2D eigenvalue weighted by Crippen LogP contribution is -2.30. The molecule has 1 saturated heterocycles. The van der Waals surface area contributed by atoms with E-state index < -0.39 is 17.7 Å². The fourth-order valence-electron chi connectivity index (χ4n) is 4.59. The van der Waals surface area contributed by atoms with Crippen LogP contribution in [0.5, 0.6) is 5.75 Å². The van der Waals surface area contributed by atoms with E-state index in [1.165, 1.54) is 7.11 Å². The van der Waals surface area contributed by atoms with E-state index in [0.717, 1.165) is 34.9 Å². The minimum Gasteiger partial charge on any atom is -0.507 e. The highest BCUT2D eigenvalue weighted by molar-refractivity contribution is 6.46. The van der Waals surface area contributed by atoms with E-state index in [9.17, 15) is 14.7 Å². The number of aliphatic hydroxyl groups excluding tert-OH is 1. The van der Waals surface area contributed by atoms with Crippen LogP contribution in [0.2, 0.25) is 0 Å². The Hall–Kier alpha value is -3.54. The molecule has 1 atom stereocenters. The summed E-state index contributed by atoms with van der Waals surface area (Å²) < 4.78 is 5.53. The number of amides is 1. The maximum absolute atomic E-state index is 13.4. The first kappa shape index (κ1) is 23.6. The van der Waals surface area contributed by atoms with E-state index in [1.54, 1.807) is 11.0 Å². The van der Waals surface area contributed by atoms with Gasteiger partial charge >= 0.3 is 0 Å². The first-order valence-electron chi connectivity index (χ1n) is 11.7. The lowest BCUT2D eigenvalue weighted by molar-refractivity contribution is -0.139. The largest absolute Gasteiger partial charge is 0.507 e. The number of H-pyrrole nitrogens is 1. The van der Waals surface area contributed by atoms with Crippen molar-refractivity contribution in [2.24, 2.45) is 0 Å². The highest BCUT2D eigenvalue weighted by Gasteiger charge is 2.46. The van der Waals surface area contributed by atoms with Crippen LogP contribution >= 0.6 is 0 Å². The van der Waals surface area contributed by atoms with Gasteiger partial charge in [-0.3, -0.25) is 9.59 Å². The quantitative estimate of drug-likeness (QED) is 0.281. The molecule has 1 aliphatic heterocycles. The number of aromatic amines is 1. The van der Waals surface area contributed by atoms with Crippen molar-refractivity contribution < 1.29 is 19.4 Å². The van der Waals surface area contributed by atoms with Crippen LogP contribution < -0.4 is 4.74 Å². The zero-order chi connectivity index (χ0) is 24.6. The maximum atomic E-state index is 13.4. The SMILES string of the molecule is CCCCN1C(=O)C(=O)/C(=C(/O)c2cc(C(C)(C)C)ccc2OC)C1c1c[nH]c2ccccc12. The third-order valence-corrected chi connectivity index (χ3v) is 6.53. The highest BCUT2D eigenvalue weighted by atomic mass is 16.5. The van der Waals surface area contributed by atoms with Crippen molar-refractivity contribution in [2.45, 2.75) is 52.0 Å². The summed E-state index contributed by atoms with van der Waals surface area (Å²) in [5, 5.41) is 12.5. The topological polar surface area (TPSA) is 82.6 Å². The number of aliphatic hydroxyl groups is 1. The number of Topliss-reactive ketones (excluding diaryl/α,β-unsaturated/α-hetero) is 1. The lowest BCUT2D eigenvalue weighted by atomic mass is 9.85. The number of aromatic nitrogens is 1. The normalized spacial score (nSPS) is 18.1. The molecule has 6 nitrogen and oxygen atoms in total. The second kappa shape index (κ2) is 9.01. The van der Waals surface area contributed by atoms with Gasteiger partial charge in [-0.25, -0.2) is 0 Å². The Morgan fingerprint density at radius 3 is 2.56 bits per heavy atom. The molecule has 1 fully saturated rings. The van der Waals surface area contributed by atoms with Crippen molar-refractivity contribution in [1.29, 1.82) is 0 Å². The predicted octanol–water partition coefficient (Wildman–Crippen LogP) is 5.70. The summed E-state index contributed by atoms with van der Waals surface area (Å²) in [4.78, 5) is 31.4. The molecule has 1 aliphatic rings. The Labute approximate surface area is 200 Å². The van der Waals surface area contributed by atoms with Crippen molar-refractivity contribution in [3.8, 4) is 5.75 Å². The van der Waals surface area contributed by atoms with Crippen LogP contribution in [0.4, 0.5) is 0 Å². The van der Waals surface area contributed by atoms with Crippen LogP contribution in [0, 0.1) is 0 Å². The van der Waals surface area contributed by atoms with Gasteiger partial charge in [-0.15, -0.1) is 0 Å². The molecule has 34 heavy (non-hydrogen) atoms. The summed E-state index contributed by atoms with van der Waals surface area (Å²) in [5.74, 6) is -1.03. The van der Waals surface area contributed by atoms with Gasteiger partial charge in [-0.05, 0) is 35.6 Å². The zero-order valence-electron chi connectivity index (χ0n) is 20.4. The number of carbonyl (C=O) groups excluding carboxylic acids is 2. The van der Waals surface area contributed by atoms with Crippen LogP contribution in [0.15, 0.2) is 54.2 Å². The highest BCUT2D eigenvalue weighted by Crippen LogP contribution is 2.43. The van der Waals surface area contributed by atoms with Gasteiger partial charge in [0.15, 0.2) is 0 Å². The number of hydrogen-bond donors (Lipinski definition) is 2. The molecule has 0 saturated carbocycles. The zero-order valence-corrected chi connectivity index (χ0v) is 20.4. The Balaban J connectivity index is 1.97. The number of carbonyl (C=O) groups is 2. The van der Waals surface area contributed by atoms with E-state index >= 15 is 0 Å². The first-order chi connectivity index (χ1) is 16.2. The van der Waals surface area contributed by atoms with Gasteiger partial charge in [-0.1, -0.05) is 58.4 Å². The molecule has 0 bridgehead atoms. The minimum absolute atomic E-state index is 0.0928. The molecule has 0 radical (unpaired) electrons. The average Bonchev–Trinajstić information content (AvgIpc) is 3.35. The van der Waals surface area contributed by atoms with E-state index in [0.29, 0.717) is 17.9 Å². The molecule has 1 amide bonds. The molecular weight excluding hydrogens is 428 g/mol. The molecule has 0 spiro atoms. The number of nitrogens with one attached hydrogen (secondary N) is 1. The number of methoxy groups -OCH3 is 1. The Bertz CT molecular complexity index is 1280. The molecule has 4 rings (SSSR count). The van der Waals surface area contributed by atoms with Gasteiger partial charge in [0.25, 0.3) is 11.7 Å². The van der Waals surface area contributed by atoms with Crippen molar-refractivity contribution in [1.82, 2.24) is 9.88 Å². The first-order valence-corrected chi connectivity index (χ1v) is 11.7. The lowest BCUT2D eigenvalue weighted by Gasteiger charge is -2.25. The molecule has 178 valence electrons. The number of nitrogens with zero attached hydrogens (tertiary/aromatic N) is 1. The van der Waals surface area contributed by atoms with Crippen LogP contribution in [-0.4, -0.2) is 40.3 Å². The summed E-state index contributed by atoms with van der Waals surface area (Å²) in [7, 11) is 1.53. The van der Waals surface area contributed by atoms with E-state index in [-0.39, 0.29) is 16.7 Å². The summed E-state index contributed by atoms with van der Waals surface area (Å²) in [5.41, 5.74) is 3.01. The van der Waals surface area contributed by atoms with Crippen molar-refractivity contribution in [2.75, 3.05) is 13.7 Å². The molecule has 1 unspecified atom stereocenters. The van der Waals surface area contributed by atoms with Crippen LogP contribution in [0.25, 0.3) is 16.7 Å². The Kier molecular flexibility index (Phi) is 6.26. The number of ketones is 1. The second-order valence-corrected chi connectivity index (χ2v) is 9.80. The molecular formula is C28H32N2O4. The van der Waals surface area contributed by atoms with Gasteiger partial charge in [-0.2, -0.15) is 0 Å².